The second kappa shape index (κ2) is 6.06. The molecule has 2 aromatic rings. The first kappa shape index (κ1) is 15.2. The Bertz CT molecular complexity index is 724. The van der Waals surface area contributed by atoms with Gasteiger partial charge in [0, 0.05) is 11.8 Å². The Morgan fingerprint density at radius 1 is 1.29 bits per heavy atom. The Hall–Kier alpha value is -2.19. The minimum atomic E-state index is -3.58. The number of aromatic hydroxyl groups is 1. The van der Waals surface area contributed by atoms with Crippen LogP contribution in [0.25, 0.3) is 0 Å². The number of nitrogens with one attached hydrogen (secondary N) is 2. The zero-order valence-electron chi connectivity index (χ0n) is 11.6. The van der Waals surface area contributed by atoms with Crippen LogP contribution in [0.1, 0.15) is 5.76 Å². The van der Waals surface area contributed by atoms with Crippen LogP contribution in [0.4, 0.5) is 5.69 Å². The van der Waals surface area contributed by atoms with Crippen molar-refractivity contribution in [2.45, 2.75) is 11.6 Å². The van der Waals surface area contributed by atoms with Gasteiger partial charge in [0.2, 0.25) is 5.09 Å². The van der Waals surface area contributed by atoms with E-state index in [-0.39, 0.29) is 17.4 Å². The van der Waals surface area contributed by atoms with Crippen molar-refractivity contribution in [1.82, 2.24) is 4.72 Å². The summed E-state index contributed by atoms with van der Waals surface area (Å²) in [5.41, 5.74) is 0.655. The second-order valence-corrected chi connectivity index (χ2v) is 5.99. The Labute approximate surface area is 122 Å². The molecule has 7 nitrogen and oxygen atoms in total. The summed E-state index contributed by atoms with van der Waals surface area (Å²) in [6.45, 7) is 0.283. The predicted octanol–water partition coefficient (Wildman–Crippen LogP) is 1.51. The summed E-state index contributed by atoms with van der Waals surface area (Å²) in [6, 6.07) is 7.81. The van der Waals surface area contributed by atoms with Gasteiger partial charge < -0.3 is 19.6 Å². The van der Waals surface area contributed by atoms with Gasteiger partial charge in [-0.15, -0.1) is 0 Å². The molecule has 0 aliphatic carbocycles. The normalized spacial score (nSPS) is 11.3. The van der Waals surface area contributed by atoms with Gasteiger partial charge in [-0.1, -0.05) is 0 Å². The van der Waals surface area contributed by atoms with Crippen molar-refractivity contribution in [2.75, 3.05) is 19.5 Å². The summed E-state index contributed by atoms with van der Waals surface area (Å²) in [4.78, 5) is 0. The third-order valence-electron chi connectivity index (χ3n) is 2.82. The molecule has 0 unspecified atom stereocenters. The Morgan fingerprint density at radius 3 is 2.67 bits per heavy atom. The molecule has 1 aromatic heterocycles. The number of ether oxygens (including phenoxy) is 1. The second-order valence-electron chi connectivity index (χ2n) is 4.17. The molecule has 1 aromatic carbocycles. The molecule has 8 heteroatoms. The summed E-state index contributed by atoms with van der Waals surface area (Å²) in [5.74, 6) is 0.848. The number of phenols is 1. The van der Waals surface area contributed by atoms with E-state index in [0.29, 0.717) is 17.2 Å². The van der Waals surface area contributed by atoms with Gasteiger partial charge in [-0.2, -0.15) is 0 Å². The number of methoxy groups -OCH3 is 1. The van der Waals surface area contributed by atoms with E-state index in [9.17, 15) is 13.5 Å². The molecular weight excluding hydrogens is 296 g/mol. The fourth-order valence-electron chi connectivity index (χ4n) is 1.69. The van der Waals surface area contributed by atoms with Gasteiger partial charge in [0.05, 0.1) is 13.7 Å². The van der Waals surface area contributed by atoms with E-state index in [4.69, 9.17) is 9.15 Å². The highest BCUT2D eigenvalue weighted by Gasteiger charge is 2.16. The average molecular weight is 312 g/mol. The minimum Gasteiger partial charge on any atom is -0.504 e. The van der Waals surface area contributed by atoms with Crippen LogP contribution in [0.5, 0.6) is 11.5 Å². The Balaban J connectivity index is 2.05. The number of hydrogen-bond donors (Lipinski definition) is 3. The third kappa shape index (κ3) is 3.47. The van der Waals surface area contributed by atoms with Crippen LogP contribution in [-0.2, 0) is 16.6 Å². The molecule has 2 rings (SSSR count). The molecule has 0 aliphatic rings. The largest absolute Gasteiger partial charge is 0.504 e. The SMILES string of the molecule is CNS(=O)(=O)c1ccc(CNc2ccc(OC)c(O)c2)o1. The number of anilines is 1. The highest BCUT2D eigenvalue weighted by Crippen LogP contribution is 2.28. The molecule has 3 N–H and O–H groups in total. The van der Waals surface area contributed by atoms with Crippen LogP contribution in [0.15, 0.2) is 39.8 Å². The zero-order valence-corrected chi connectivity index (χ0v) is 12.4. The van der Waals surface area contributed by atoms with Crippen molar-refractivity contribution in [3.63, 3.8) is 0 Å². The summed E-state index contributed by atoms with van der Waals surface area (Å²) < 4.78 is 35.4. The lowest BCUT2D eigenvalue weighted by Crippen LogP contribution is -2.17. The van der Waals surface area contributed by atoms with Crippen molar-refractivity contribution in [1.29, 1.82) is 0 Å². The summed E-state index contributed by atoms with van der Waals surface area (Å²) in [5, 5.41) is 12.5. The van der Waals surface area contributed by atoms with Crippen LogP contribution in [0.3, 0.4) is 0 Å². The first-order chi connectivity index (χ1) is 9.96. The molecule has 0 bridgehead atoms. The highest BCUT2D eigenvalue weighted by molar-refractivity contribution is 7.89. The first-order valence-electron chi connectivity index (χ1n) is 6.09. The third-order valence-corrected chi connectivity index (χ3v) is 4.10. The molecule has 0 saturated carbocycles. The summed E-state index contributed by atoms with van der Waals surface area (Å²) in [7, 11) is -0.795. The fourth-order valence-corrected chi connectivity index (χ4v) is 2.35. The molecule has 0 atom stereocenters. The van der Waals surface area contributed by atoms with Gasteiger partial charge in [0.25, 0.3) is 10.0 Å². The Morgan fingerprint density at radius 2 is 2.05 bits per heavy atom. The maximum absolute atomic E-state index is 11.5. The molecule has 1 heterocycles. The highest BCUT2D eigenvalue weighted by atomic mass is 32.2. The molecular formula is C13H16N2O5S. The average Bonchev–Trinajstić information content (AvgIpc) is 2.95. The molecule has 0 spiro atoms. The number of furan rings is 1. The number of hydrogen-bond acceptors (Lipinski definition) is 6. The number of rotatable bonds is 6. The fraction of sp³-hybridized carbons (Fsp3) is 0.231. The van der Waals surface area contributed by atoms with Crippen LogP contribution in [0.2, 0.25) is 0 Å². The lowest BCUT2D eigenvalue weighted by molar-refractivity contribution is 0.373. The van der Waals surface area contributed by atoms with Crippen molar-refractivity contribution >= 4 is 15.7 Å². The van der Waals surface area contributed by atoms with Crippen molar-refractivity contribution < 1.29 is 22.7 Å². The smallest absolute Gasteiger partial charge is 0.273 e. The van der Waals surface area contributed by atoms with Crippen LogP contribution >= 0.6 is 0 Å². The van der Waals surface area contributed by atoms with E-state index in [1.165, 1.54) is 26.3 Å². The first-order valence-corrected chi connectivity index (χ1v) is 7.57. The number of sulfonamides is 1. The van der Waals surface area contributed by atoms with E-state index in [1.54, 1.807) is 18.2 Å². The van der Waals surface area contributed by atoms with Gasteiger partial charge in [-0.05, 0) is 31.3 Å². The van der Waals surface area contributed by atoms with Gasteiger partial charge in [0.1, 0.15) is 5.76 Å². The monoisotopic (exact) mass is 312 g/mol. The zero-order chi connectivity index (χ0) is 15.5. The Kier molecular flexibility index (Phi) is 4.39. The van der Waals surface area contributed by atoms with Crippen molar-refractivity contribution in [2.24, 2.45) is 0 Å². The minimum absolute atomic E-state index is 0.0143. The van der Waals surface area contributed by atoms with Crippen molar-refractivity contribution in [3.8, 4) is 11.5 Å². The molecule has 0 saturated heterocycles. The van der Waals surface area contributed by atoms with Gasteiger partial charge in [-0.25, -0.2) is 13.1 Å². The van der Waals surface area contributed by atoms with Gasteiger partial charge in [0.15, 0.2) is 11.5 Å². The lowest BCUT2D eigenvalue weighted by Gasteiger charge is -2.07. The molecule has 0 radical (unpaired) electrons. The topological polar surface area (TPSA) is 101 Å². The molecule has 21 heavy (non-hydrogen) atoms. The van der Waals surface area contributed by atoms with Crippen LogP contribution in [-0.4, -0.2) is 27.7 Å². The maximum atomic E-state index is 11.5. The van der Waals surface area contributed by atoms with Crippen LogP contribution < -0.4 is 14.8 Å². The molecule has 0 amide bonds. The summed E-state index contributed by atoms with van der Waals surface area (Å²) in [6.07, 6.45) is 0. The maximum Gasteiger partial charge on any atom is 0.273 e. The quantitative estimate of drug-likeness (QED) is 0.747. The van der Waals surface area contributed by atoms with E-state index < -0.39 is 10.0 Å². The summed E-state index contributed by atoms with van der Waals surface area (Å²) >= 11 is 0. The van der Waals surface area contributed by atoms with E-state index >= 15 is 0 Å². The molecule has 0 aliphatic heterocycles. The number of benzene rings is 1. The standard InChI is InChI=1S/C13H16N2O5S/c1-14-21(17,18)13-6-4-10(20-13)8-15-9-3-5-12(19-2)11(16)7-9/h3-7,14-16H,8H2,1-2H3. The molecule has 0 fully saturated rings. The van der Waals surface area contributed by atoms with Gasteiger partial charge >= 0.3 is 0 Å². The van der Waals surface area contributed by atoms with E-state index in [2.05, 4.69) is 10.0 Å². The van der Waals surface area contributed by atoms with Crippen molar-refractivity contribution in [3.05, 3.63) is 36.1 Å². The lowest BCUT2D eigenvalue weighted by atomic mass is 10.2. The predicted molar refractivity (Wildman–Crippen MR) is 76.9 cm³/mol. The van der Waals surface area contributed by atoms with E-state index in [0.717, 1.165) is 0 Å². The number of phenolic OH excluding ortho intramolecular Hbond substituents is 1. The van der Waals surface area contributed by atoms with Crippen LogP contribution in [0, 0.1) is 0 Å². The molecule has 114 valence electrons. The van der Waals surface area contributed by atoms with E-state index in [1.807, 2.05) is 0 Å². The van der Waals surface area contributed by atoms with Gasteiger partial charge in [-0.3, -0.25) is 0 Å².